The monoisotopic (exact) mass is 347 g/mol. The Kier molecular flexibility index (Phi) is 6.73. The van der Waals surface area contributed by atoms with Gasteiger partial charge < -0.3 is 9.05 Å². The third-order valence-corrected chi connectivity index (χ3v) is 5.23. The maximum absolute atomic E-state index is 12.9. The van der Waals surface area contributed by atoms with E-state index >= 15 is 0 Å². The molecule has 0 aliphatic heterocycles. The van der Waals surface area contributed by atoms with E-state index in [-0.39, 0.29) is 25.4 Å². The highest BCUT2D eigenvalue weighted by Gasteiger charge is 2.31. The standard InChI is InChI=1S/C18H22NO4P/c1-3-22-24(21,23-4-2)15-19(17-13-9-6-10-14-17)18(20)16-11-7-5-8-12-16/h5-14H,3-4,15H2,1-2H3. The lowest BCUT2D eigenvalue weighted by Gasteiger charge is -2.27. The Bertz CT molecular complexity index is 681. The maximum Gasteiger partial charge on any atom is 0.350 e. The van der Waals surface area contributed by atoms with E-state index < -0.39 is 7.60 Å². The highest BCUT2D eigenvalue weighted by atomic mass is 31.2. The molecule has 0 heterocycles. The predicted octanol–water partition coefficient (Wildman–Crippen LogP) is 4.56. The summed E-state index contributed by atoms with van der Waals surface area (Å²) < 4.78 is 23.6. The van der Waals surface area contributed by atoms with Crippen LogP contribution in [-0.2, 0) is 13.6 Å². The first kappa shape index (κ1) is 18.4. The minimum absolute atomic E-state index is 0.133. The lowest BCUT2D eigenvalue weighted by atomic mass is 10.2. The molecule has 0 spiro atoms. The molecule has 0 saturated carbocycles. The van der Waals surface area contributed by atoms with Crippen molar-refractivity contribution in [2.45, 2.75) is 13.8 Å². The van der Waals surface area contributed by atoms with Crippen LogP contribution in [0.25, 0.3) is 0 Å². The van der Waals surface area contributed by atoms with E-state index in [4.69, 9.17) is 9.05 Å². The Morgan fingerprint density at radius 1 is 0.917 bits per heavy atom. The third kappa shape index (κ3) is 4.78. The van der Waals surface area contributed by atoms with Crippen LogP contribution >= 0.6 is 7.60 Å². The summed E-state index contributed by atoms with van der Waals surface area (Å²) in [5, 5.41) is 0. The van der Waals surface area contributed by atoms with Crippen molar-refractivity contribution in [3.8, 4) is 0 Å². The van der Waals surface area contributed by atoms with Crippen LogP contribution in [0.2, 0.25) is 0 Å². The molecule has 2 aromatic carbocycles. The van der Waals surface area contributed by atoms with Crippen LogP contribution in [0.3, 0.4) is 0 Å². The maximum atomic E-state index is 12.9. The second-order valence-corrected chi connectivity index (χ2v) is 7.04. The first-order valence-electron chi connectivity index (χ1n) is 7.89. The van der Waals surface area contributed by atoms with Gasteiger partial charge in [0.15, 0.2) is 0 Å². The van der Waals surface area contributed by atoms with Crippen molar-refractivity contribution in [1.82, 2.24) is 0 Å². The second-order valence-electron chi connectivity index (χ2n) is 5.02. The molecule has 0 aliphatic carbocycles. The third-order valence-electron chi connectivity index (χ3n) is 3.30. The number of amides is 1. The highest BCUT2D eigenvalue weighted by molar-refractivity contribution is 7.54. The second kappa shape index (κ2) is 8.78. The first-order valence-corrected chi connectivity index (χ1v) is 9.62. The molecule has 1 amide bonds. The molecule has 0 fully saturated rings. The van der Waals surface area contributed by atoms with E-state index in [9.17, 15) is 9.36 Å². The molecule has 0 N–H and O–H groups in total. The molecule has 0 aromatic heterocycles. The van der Waals surface area contributed by atoms with Gasteiger partial charge in [-0.1, -0.05) is 36.4 Å². The summed E-state index contributed by atoms with van der Waals surface area (Å²) in [6.07, 6.45) is -0.133. The fourth-order valence-corrected chi connectivity index (χ4v) is 3.96. The molecule has 24 heavy (non-hydrogen) atoms. The number of carbonyl (C=O) groups excluding carboxylic acids is 1. The molecule has 0 radical (unpaired) electrons. The van der Waals surface area contributed by atoms with E-state index in [0.29, 0.717) is 11.3 Å². The zero-order valence-electron chi connectivity index (χ0n) is 13.9. The van der Waals surface area contributed by atoms with Gasteiger partial charge in [0.25, 0.3) is 5.91 Å². The van der Waals surface area contributed by atoms with Crippen LogP contribution in [0.15, 0.2) is 60.7 Å². The number of rotatable bonds is 8. The molecule has 0 saturated heterocycles. The summed E-state index contributed by atoms with van der Waals surface area (Å²) in [7, 11) is -3.41. The van der Waals surface area contributed by atoms with Gasteiger partial charge >= 0.3 is 7.60 Å². The molecule has 2 aromatic rings. The zero-order valence-corrected chi connectivity index (χ0v) is 14.8. The lowest BCUT2D eigenvalue weighted by molar-refractivity contribution is 0.0987. The first-order chi connectivity index (χ1) is 11.6. The molecular formula is C18H22NO4P. The molecule has 0 atom stereocenters. The fourth-order valence-electron chi connectivity index (χ4n) is 2.29. The van der Waals surface area contributed by atoms with Gasteiger partial charge in [-0.15, -0.1) is 0 Å². The number of nitrogens with zero attached hydrogens (tertiary/aromatic N) is 1. The van der Waals surface area contributed by atoms with E-state index in [0.717, 1.165) is 0 Å². The van der Waals surface area contributed by atoms with E-state index in [1.807, 2.05) is 24.3 Å². The number of hydrogen-bond donors (Lipinski definition) is 0. The van der Waals surface area contributed by atoms with E-state index in [1.165, 1.54) is 4.90 Å². The Morgan fingerprint density at radius 3 is 1.92 bits per heavy atom. The summed E-state index contributed by atoms with van der Waals surface area (Å²) in [6, 6.07) is 18.0. The topological polar surface area (TPSA) is 55.8 Å². The molecular weight excluding hydrogens is 325 g/mol. The van der Waals surface area contributed by atoms with Gasteiger partial charge in [-0.05, 0) is 38.1 Å². The van der Waals surface area contributed by atoms with Gasteiger partial charge in [-0.25, -0.2) is 0 Å². The summed E-state index contributed by atoms with van der Waals surface area (Å²) in [6.45, 7) is 3.99. The summed E-state index contributed by atoms with van der Waals surface area (Å²) in [5.74, 6) is -0.249. The lowest BCUT2D eigenvalue weighted by Crippen LogP contribution is -2.32. The van der Waals surface area contributed by atoms with Crippen LogP contribution in [0.1, 0.15) is 24.2 Å². The minimum atomic E-state index is -3.41. The predicted molar refractivity (Wildman–Crippen MR) is 95.4 cm³/mol. The zero-order chi connectivity index (χ0) is 17.4. The van der Waals surface area contributed by atoms with Crippen molar-refractivity contribution < 1.29 is 18.4 Å². The highest BCUT2D eigenvalue weighted by Crippen LogP contribution is 2.49. The number of carbonyl (C=O) groups is 1. The number of hydrogen-bond acceptors (Lipinski definition) is 4. The SMILES string of the molecule is CCOP(=O)(CN(C(=O)c1ccccc1)c1ccccc1)OCC. The number of anilines is 1. The van der Waals surface area contributed by atoms with E-state index in [1.54, 1.807) is 50.2 Å². The largest absolute Gasteiger partial charge is 0.350 e. The van der Waals surface area contributed by atoms with Crippen LogP contribution in [0.5, 0.6) is 0 Å². The molecule has 0 bridgehead atoms. The average Bonchev–Trinajstić information content (AvgIpc) is 2.61. The quantitative estimate of drug-likeness (QED) is 0.657. The van der Waals surface area contributed by atoms with Crippen molar-refractivity contribution in [3.63, 3.8) is 0 Å². The van der Waals surface area contributed by atoms with Crippen molar-refractivity contribution >= 4 is 19.2 Å². The molecule has 5 nitrogen and oxygen atoms in total. The van der Waals surface area contributed by atoms with Crippen molar-refractivity contribution in [2.24, 2.45) is 0 Å². The van der Waals surface area contributed by atoms with Crippen LogP contribution in [0, 0.1) is 0 Å². The Balaban J connectivity index is 2.37. The summed E-state index contributed by atoms with van der Waals surface area (Å²) >= 11 is 0. The molecule has 0 unspecified atom stereocenters. The van der Waals surface area contributed by atoms with Crippen LogP contribution < -0.4 is 4.90 Å². The van der Waals surface area contributed by atoms with Crippen LogP contribution in [-0.4, -0.2) is 25.4 Å². The van der Waals surface area contributed by atoms with Gasteiger partial charge in [0.05, 0.1) is 13.2 Å². The fraction of sp³-hybridized carbons (Fsp3) is 0.278. The summed E-state index contributed by atoms with van der Waals surface area (Å²) in [5.41, 5.74) is 1.16. The van der Waals surface area contributed by atoms with E-state index in [2.05, 4.69) is 0 Å². The normalized spacial score (nSPS) is 11.2. The Labute approximate surface area is 142 Å². The van der Waals surface area contributed by atoms with Crippen LogP contribution in [0.4, 0.5) is 5.69 Å². The average molecular weight is 347 g/mol. The molecule has 6 heteroatoms. The smallest absolute Gasteiger partial charge is 0.308 e. The van der Waals surface area contributed by atoms with Gasteiger partial charge in [-0.3, -0.25) is 14.3 Å². The minimum Gasteiger partial charge on any atom is -0.308 e. The van der Waals surface area contributed by atoms with Gasteiger partial charge in [-0.2, -0.15) is 0 Å². The van der Waals surface area contributed by atoms with Crippen molar-refractivity contribution in [1.29, 1.82) is 0 Å². The molecule has 2 rings (SSSR count). The molecule has 0 aliphatic rings. The molecule has 128 valence electrons. The Hall–Kier alpha value is -1.94. The number of benzene rings is 2. The number of para-hydroxylation sites is 1. The van der Waals surface area contributed by atoms with Crippen molar-refractivity contribution in [2.75, 3.05) is 24.4 Å². The van der Waals surface area contributed by atoms with Gasteiger partial charge in [0.1, 0.15) is 6.29 Å². The van der Waals surface area contributed by atoms with Crippen molar-refractivity contribution in [3.05, 3.63) is 66.2 Å². The van der Waals surface area contributed by atoms with Gasteiger partial charge in [0, 0.05) is 11.3 Å². The summed E-state index contributed by atoms with van der Waals surface area (Å²) in [4.78, 5) is 14.4. The van der Waals surface area contributed by atoms with Gasteiger partial charge in [0.2, 0.25) is 0 Å². The Morgan fingerprint density at radius 2 is 1.42 bits per heavy atom.